The minimum Gasteiger partial charge on any atom is -0.486 e. The quantitative estimate of drug-likeness (QED) is 0.595. The van der Waals surface area contributed by atoms with E-state index >= 15 is 0 Å². The molecular weight excluding hydrogens is 430 g/mol. The smallest absolute Gasteiger partial charge is 0.252 e. The van der Waals surface area contributed by atoms with Gasteiger partial charge in [-0.2, -0.15) is 5.26 Å². The summed E-state index contributed by atoms with van der Waals surface area (Å²) in [4.78, 5) is 22.0. The van der Waals surface area contributed by atoms with Crippen LogP contribution in [0, 0.1) is 11.3 Å². The molecular formula is C26H29N5O3. The van der Waals surface area contributed by atoms with Crippen molar-refractivity contribution in [1.82, 2.24) is 14.5 Å². The molecule has 2 aliphatic heterocycles. The number of benzene rings is 1. The molecule has 1 saturated heterocycles. The van der Waals surface area contributed by atoms with Crippen LogP contribution in [0.2, 0.25) is 0 Å². The maximum Gasteiger partial charge on any atom is 0.252 e. The molecule has 2 unspecified atom stereocenters. The number of nitrogens with zero attached hydrogens (tertiary/aromatic N) is 5. The van der Waals surface area contributed by atoms with Gasteiger partial charge in [0.05, 0.1) is 11.2 Å². The van der Waals surface area contributed by atoms with E-state index in [9.17, 15) is 10.1 Å². The number of anilines is 1. The van der Waals surface area contributed by atoms with Crippen molar-refractivity contribution in [2.24, 2.45) is 7.05 Å². The van der Waals surface area contributed by atoms with Crippen LogP contribution in [0.25, 0.3) is 11.0 Å². The zero-order chi connectivity index (χ0) is 24.0. The summed E-state index contributed by atoms with van der Waals surface area (Å²) in [6.07, 6.45) is 0. The first-order valence-electron chi connectivity index (χ1n) is 11.7. The largest absolute Gasteiger partial charge is 0.486 e. The summed E-state index contributed by atoms with van der Waals surface area (Å²) in [5, 5.41) is 9.38. The number of aryl methyl sites for hydroxylation is 1. The van der Waals surface area contributed by atoms with Gasteiger partial charge in [-0.15, -0.1) is 0 Å². The van der Waals surface area contributed by atoms with Crippen LogP contribution in [0.3, 0.4) is 0 Å². The highest BCUT2D eigenvalue weighted by atomic mass is 16.6. The fourth-order valence-electron chi connectivity index (χ4n) is 5.13. The summed E-state index contributed by atoms with van der Waals surface area (Å²) >= 11 is 0. The van der Waals surface area contributed by atoms with Crippen LogP contribution < -0.4 is 19.9 Å². The van der Waals surface area contributed by atoms with Gasteiger partial charge in [0.25, 0.3) is 5.56 Å². The lowest BCUT2D eigenvalue weighted by Gasteiger charge is -2.47. The Labute approximate surface area is 198 Å². The lowest BCUT2D eigenvalue weighted by molar-refractivity contribution is 0.118. The predicted molar refractivity (Wildman–Crippen MR) is 131 cm³/mol. The molecule has 2 aliphatic rings. The first-order chi connectivity index (χ1) is 16.4. The molecule has 3 atom stereocenters. The summed E-state index contributed by atoms with van der Waals surface area (Å²) in [6, 6.07) is 14.0. The number of rotatable bonds is 3. The first-order valence-corrected chi connectivity index (χ1v) is 11.7. The molecule has 0 bridgehead atoms. The van der Waals surface area contributed by atoms with Crippen LogP contribution in [0.1, 0.15) is 38.1 Å². The van der Waals surface area contributed by atoms with Crippen molar-refractivity contribution in [1.29, 1.82) is 5.26 Å². The minimum absolute atomic E-state index is 0.0825. The van der Waals surface area contributed by atoms with E-state index in [1.165, 1.54) is 5.56 Å². The SMILES string of the molecule is CC1CN(c2cc(=O)n(C)c3ccc(C#N)nc23)[C@@H](C)CN1C(C)c1ccc2c(c1)OCCO2. The molecule has 8 heteroatoms. The second-order valence-electron chi connectivity index (χ2n) is 9.23. The van der Waals surface area contributed by atoms with E-state index in [-0.39, 0.29) is 23.7 Å². The van der Waals surface area contributed by atoms with Crippen LogP contribution in [-0.4, -0.2) is 52.8 Å². The molecule has 0 aliphatic carbocycles. The summed E-state index contributed by atoms with van der Waals surface area (Å²) in [5.41, 5.74) is 3.67. The standard InChI is InChI=1S/C26H29N5O3/c1-16-15-31(22-12-25(32)29(4)21-7-6-20(13-27)28-26(21)22)17(2)14-30(16)18(3)19-5-8-23-24(11-19)34-10-9-33-23/h5-8,11-12,16-18H,9-10,14-15H2,1-4H3/t16?,17-,18?/m0/s1. The van der Waals surface area contributed by atoms with Gasteiger partial charge in [-0.05, 0) is 50.6 Å². The van der Waals surface area contributed by atoms with Crippen LogP contribution >= 0.6 is 0 Å². The van der Waals surface area contributed by atoms with Crippen molar-refractivity contribution in [3.05, 3.63) is 58.0 Å². The zero-order valence-electron chi connectivity index (χ0n) is 20.0. The number of nitriles is 1. The van der Waals surface area contributed by atoms with Gasteiger partial charge in [-0.25, -0.2) is 4.98 Å². The zero-order valence-corrected chi connectivity index (χ0v) is 20.0. The number of ether oxygens (including phenoxy) is 2. The highest BCUT2D eigenvalue weighted by Gasteiger charge is 2.34. The second kappa shape index (κ2) is 8.65. The topological polar surface area (TPSA) is 83.6 Å². The third-order valence-corrected chi connectivity index (χ3v) is 7.07. The molecule has 3 aromatic rings. The maximum absolute atomic E-state index is 12.7. The maximum atomic E-state index is 12.7. The van der Waals surface area contributed by atoms with Gasteiger partial charge in [0.2, 0.25) is 0 Å². The van der Waals surface area contributed by atoms with E-state index in [2.05, 4.69) is 53.8 Å². The van der Waals surface area contributed by atoms with Crippen molar-refractivity contribution >= 4 is 16.7 Å². The normalized spacial score (nSPS) is 21.3. The molecule has 2 aromatic heterocycles. The molecule has 1 aromatic carbocycles. The molecule has 8 nitrogen and oxygen atoms in total. The number of fused-ring (bicyclic) bond motifs is 2. The Kier molecular flexibility index (Phi) is 5.66. The van der Waals surface area contributed by atoms with Gasteiger partial charge in [0.15, 0.2) is 11.5 Å². The highest BCUT2D eigenvalue weighted by Crippen LogP contribution is 2.36. The third-order valence-electron chi connectivity index (χ3n) is 7.07. The molecule has 1 fully saturated rings. The molecule has 176 valence electrons. The number of pyridine rings is 2. The number of hydrogen-bond donors (Lipinski definition) is 0. The Hall–Kier alpha value is -3.57. The van der Waals surface area contributed by atoms with Gasteiger partial charge in [-0.1, -0.05) is 6.07 Å². The molecule has 5 rings (SSSR count). The summed E-state index contributed by atoms with van der Waals surface area (Å²) < 4.78 is 13.1. The van der Waals surface area contributed by atoms with Gasteiger partial charge in [0, 0.05) is 44.3 Å². The molecule has 4 heterocycles. The van der Waals surface area contributed by atoms with Crippen molar-refractivity contribution < 1.29 is 9.47 Å². The van der Waals surface area contributed by atoms with Gasteiger partial charge in [0.1, 0.15) is 30.5 Å². The van der Waals surface area contributed by atoms with Crippen molar-refractivity contribution in [2.45, 2.75) is 38.9 Å². The second-order valence-corrected chi connectivity index (χ2v) is 9.23. The number of hydrogen-bond acceptors (Lipinski definition) is 7. The van der Waals surface area contributed by atoms with Crippen LogP contribution in [0.4, 0.5) is 5.69 Å². The molecule has 0 amide bonds. The monoisotopic (exact) mass is 459 g/mol. The fourth-order valence-corrected chi connectivity index (χ4v) is 5.13. The lowest BCUT2D eigenvalue weighted by atomic mass is 9.99. The molecule has 0 radical (unpaired) electrons. The van der Waals surface area contributed by atoms with Crippen LogP contribution in [-0.2, 0) is 7.05 Å². The highest BCUT2D eigenvalue weighted by molar-refractivity contribution is 5.89. The first kappa shape index (κ1) is 22.2. The summed E-state index contributed by atoms with van der Waals surface area (Å²) in [7, 11) is 1.74. The van der Waals surface area contributed by atoms with E-state index in [0.717, 1.165) is 35.8 Å². The van der Waals surface area contributed by atoms with E-state index in [0.29, 0.717) is 24.4 Å². The lowest BCUT2D eigenvalue weighted by Crippen LogP contribution is -2.57. The van der Waals surface area contributed by atoms with Crippen LogP contribution in [0.15, 0.2) is 41.2 Å². The molecule has 0 spiro atoms. The fraction of sp³-hybridized carbons (Fsp3) is 0.423. The van der Waals surface area contributed by atoms with Crippen LogP contribution in [0.5, 0.6) is 11.5 Å². The van der Waals surface area contributed by atoms with Crippen molar-refractivity contribution in [3.8, 4) is 17.6 Å². The molecule has 34 heavy (non-hydrogen) atoms. The Bertz CT molecular complexity index is 1340. The van der Waals surface area contributed by atoms with Crippen molar-refractivity contribution in [3.63, 3.8) is 0 Å². The van der Waals surface area contributed by atoms with E-state index in [4.69, 9.17) is 9.47 Å². The Morgan fingerprint density at radius 2 is 1.82 bits per heavy atom. The van der Waals surface area contributed by atoms with Gasteiger partial charge < -0.3 is 18.9 Å². The number of piperazine rings is 1. The van der Waals surface area contributed by atoms with E-state index < -0.39 is 0 Å². The Morgan fingerprint density at radius 1 is 1.06 bits per heavy atom. The molecule has 0 N–H and O–H groups in total. The minimum atomic E-state index is -0.0825. The van der Waals surface area contributed by atoms with Gasteiger partial charge >= 0.3 is 0 Å². The van der Waals surface area contributed by atoms with E-state index in [1.54, 1.807) is 29.8 Å². The molecule has 0 saturated carbocycles. The number of aromatic nitrogens is 2. The Morgan fingerprint density at radius 3 is 2.59 bits per heavy atom. The average Bonchev–Trinajstić information content (AvgIpc) is 2.86. The van der Waals surface area contributed by atoms with Gasteiger partial charge in [-0.3, -0.25) is 9.69 Å². The third kappa shape index (κ3) is 3.76. The summed E-state index contributed by atoms with van der Waals surface area (Å²) in [6.45, 7) is 9.34. The Balaban J connectivity index is 1.45. The van der Waals surface area contributed by atoms with Crippen molar-refractivity contribution in [2.75, 3.05) is 31.2 Å². The summed E-state index contributed by atoms with van der Waals surface area (Å²) in [5.74, 6) is 1.61. The predicted octanol–water partition coefficient (Wildman–Crippen LogP) is 3.24. The average molecular weight is 460 g/mol. The van der Waals surface area contributed by atoms with E-state index in [1.807, 2.05) is 6.07 Å².